The maximum absolute atomic E-state index is 5.96. The van der Waals surface area contributed by atoms with Gasteiger partial charge in [-0.15, -0.1) is 0 Å². The molecule has 2 fully saturated rings. The molecule has 0 spiro atoms. The number of fused-ring (bicyclic) bond motifs is 1. The molecule has 21 heavy (non-hydrogen) atoms. The Hall–Kier alpha value is -0.900. The van der Waals surface area contributed by atoms with Crippen LogP contribution in [0.3, 0.4) is 0 Å². The summed E-state index contributed by atoms with van der Waals surface area (Å²) < 4.78 is 5.96. The third-order valence-electron chi connectivity index (χ3n) is 5.19. The van der Waals surface area contributed by atoms with Crippen molar-refractivity contribution in [1.29, 1.82) is 0 Å². The smallest absolute Gasteiger partial charge is 0.0730 e. The number of nitrogens with one attached hydrogen (secondary N) is 1. The van der Waals surface area contributed by atoms with Gasteiger partial charge in [-0.05, 0) is 31.9 Å². The molecule has 3 rings (SSSR count). The lowest BCUT2D eigenvalue weighted by molar-refractivity contribution is -0.0616. The summed E-state index contributed by atoms with van der Waals surface area (Å²) >= 11 is 0. The SMILES string of the molecule is CNCC(C)(CN1CCOC2CCCC21)c1ccccc1. The number of ether oxygens (including phenoxy) is 1. The van der Waals surface area contributed by atoms with Gasteiger partial charge in [0.05, 0.1) is 12.7 Å². The standard InChI is InChI=1S/C18H28N2O/c1-18(13-19-2,15-7-4-3-5-8-15)14-20-11-12-21-17-10-6-9-16(17)20/h3-5,7-8,16-17,19H,6,9-14H2,1-2H3. The summed E-state index contributed by atoms with van der Waals surface area (Å²) in [5.74, 6) is 0. The Balaban J connectivity index is 1.78. The molecular weight excluding hydrogens is 260 g/mol. The Morgan fingerprint density at radius 3 is 2.86 bits per heavy atom. The number of morpholine rings is 1. The van der Waals surface area contributed by atoms with E-state index in [2.05, 4.69) is 54.5 Å². The third-order valence-corrected chi connectivity index (χ3v) is 5.19. The van der Waals surface area contributed by atoms with Crippen LogP contribution in [0.1, 0.15) is 31.7 Å². The van der Waals surface area contributed by atoms with Gasteiger partial charge in [0.25, 0.3) is 0 Å². The Kier molecular flexibility index (Phi) is 4.63. The zero-order valence-corrected chi connectivity index (χ0v) is 13.3. The summed E-state index contributed by atoms with van der Waals surface area (Å²) in [5, 5.41) is 3.40. The Labute approximate surface area is 128 Å². The largest absolute Gasteiger partial charge is 0.375 e. The van der Waals surface area contributed by atoms with E-state index in [-0.39, 0.29) is 5.41 Å². The summed E-state index contributed by atoms with van der Waals surface area (Å²) in [4.78, 5) is 2.69. The van der Waals surface area contributed by atoms with Gasteiger partial charge in [0, 0.05) is 31.1 Å². The number of rotatable bonds is 5. The first-order chi connectivity index (χ1) is 10.2. The quantitative estimate of drug-likeness (QED) is 0.900. The summed E-state index contributed by atoms with van der Waals surface area (Å²) in [7, 11) is 2.05. The van der Waals surface area contributed by atoms with E-state index in [4.69, 9.17) is 4.74 Å². The highest BCUT2D eigenvalue weighted by molar-refractivity contribution is 5.26. The predicted molar refractivity (Wildman–Crippen MR) is 86.7 cm³/mol. The van der Waals surface area contributed by atoms with Crippen LogP contribution in [0.25, 0.3) is 0 Å². The number of hydrogen-bond acceptors (Lipinski definition) is 3. The van der Waals surface area contributed by atoms with Crippen LogP contribution in [-0.4, -0.2) is 50.3 Å². The van der Waals surface area contributed by atoms with Gasteiger partial charge >= 0.3 is 0 Å². The van der Waals surface area contributed by atoms with Crippen molar-refractivity contribution in [2.45, 2.75) is 43.7 Å². The van der Waals surface area contributed by atoms with Crippen molar-refractivity contribution in [3.05, 3.63) is 35.9 Å². The monoisotopic (exact) mass is 288 g/mol. The van der Waals surface area contributed by atoms with E-state index in [0.717, 1.165) is 26.2 Å². The summed E-state index contributed by atoms with van der Waals surface area (Å²) in [5.41, 5.74) is 1.58. The van der Waals surface area contributed by atoms with Crippen molar-refractivity contribution >= 4 is 0 Å². The first kappa shape index (κ1) is 15.0. The molecule has 3 nitrogen and oxygen atoms in total. The number of hydrogen-bond donors (Lipinski definition) is 1. The van der Waals surface area contributed by atoms with E-state index in [1.54, 1.807) is 0 Å². The van der Waals surface area contributed by atoms with Gasteiger partial charge in [-0.2, -0.15) is 0 Å². The first-order valence-electron chi connectivity index (χ1n) is 8.29. The molecule has 1 heterocycles. The van der Waals surface area contributed by atoms with Gasteiger partial charge in [-0.1, -0.05) is 37.3 Å². The molecule has 3 unspecified atom stereocenters. The van der Waals surface area contributed by atoms with Crippen LogP contribution in [0.5, 0.6) is 0 Å². The highest BCUT2D eigenvalue weighted by atomic mass is 16.5. The lowest BCUT2D eigenvalue weighted by atomic mass is 9.81. The van der Waals surface area contributed by atoms with Crippen LogP contribution in [-0.2, 0) is 10.2 Å². The average Bonchev–Trinajstić information content (AvgIpc) is 2.98. The van der Waals surface area contributed by atoms with Gasteiger partial charge in [0.15, 0.2) is 0 Å². The molecule has 0 bridgehead atoms. The maximum Gasteiger partial charge on any atom is 0.0730 e. The van der Waals surface area contributed by atoms with Crippen molar-refractivity contribution in [2.24, 2.45) is 0 Å². The molecule has 1 aliphatic carbocycles. The molecule has 0 radical (unpaired) electrons. The van der Waals surface area contributed by atoms with Crippen molar-refractivity contribution in [3.8, 4) is 0 Å². The van der Waals surface area contributed by atoms with Crippen LogP contribution in [0.4, 0.5) is 0 Å². The van der Waals surface area contributed by atoms with Gasteiger partial charge < -0.3 is 10.1 Å². The maximum atomic E-state index is 5.96. The molecule has 1 saturated carbocycles. The Morgan fingerprint density at radius 1 is 1.29 bits per heavy atom. The van der Waals surface area contributed by atoms with Gasteiger partial charge in [0.2, 0.25) is 0 Å². The second-order valence-electron chi connectivity index (χ2n) is 6.83. The van der Waals surface area contributed by atoms with E-state index in [0.29, 0.717) is 12.1 Å². The number of benzene rings is 1. The van der Waals surface area contributed by atoms with Crippen molar-refractivity contribution < 1.29 is 4.74 Å². The van der Waals surface area contributed by atoms with Crippen LogP contribution in [0, 0.1) is 0 Å². The van der Waals surface area contributed by atoms with Gasteiger partial charge in [0.1, 0.15) is 0 Å². The minimum atomic E-state index is 0.153. The third kappa shape index (κ3) is 3.15. The summed E-state index contributed by atoms with van der Waals surface area (Å²) in [6.07, 6.45) is 4.35. The molecule has 0 amide bonds. The molecule has 2 aliphatic rings. The second-order valence-corrected chi connectivity index (χ2v) is 6.83. The van der Waals surface area contributed by atoms with Crippen LogP contribution >= 0.6 is 0 Å². The molecule has 3 atom stereocenters. The predicted octanol–water partition coefficient (Wildman–Crippen LogP) is 2.42. The summed E-state index contributed by atoms with van der Waals surface area (Å²) in [6, 6.07) is 11.6. The van der Waals surface area contributed by atoms with E-state index in [1.807, 2.05) is 0 Å². The molecular formula is C18H28N2O. The normalized spacial score (nSPS) is 29.0. The number of nitrogens with zero attached hydrogens (tertiary/aromatic N) is 1. The van der Waals surface area contributed by atoms with Crippen LogP contribution in [0.2, 0.25) is 0 Å². The van der Waals surface area contributed by atoms with E-state index >= 15 is 0 Å². The van der Waals surface area contributed by atoms with E-state index in [1.165, 1.54) is 24.8 Å². The molecule has 1 saturated heterocycles. The topological polar surface area (TPSA) is 24.5 Å². The molecule has 1 aromatic carbocycles. The van der Waals surface area contributed by atoms with Crippen LogP contribution < -0.4 is 5.32 Å². The molecule has 0 aromatic heterocycles. The minimum Gasteiger partial charge on any atom is -0.375 e. The van der Waals surface area contributed by atoms with E-state index < -0.39 is 0 Å². The highest BCUT2D eigenvalue weighted by Crippen LogP contribution is 2.33. The Bertz CT molecular complexity index is 450. The molecule has 1 aliphatic heterocycles. The second kappa shape index (κ2) is 6.47. The molecule has 1 aromatic rings. The first-order valence-corrected chi connectivity index (χ1v) is 8.29. The van der Waals surface area contributed by atoms with Crippen LogP contribution in [0.15, 0.2) is 30.3 Å². The van der Waals surface area contributed by atoms with E-state index in [9.17, 15) is 0 Å². The van der Waals surface area contributed by atoms with Gasteiger partial charge in [-0.25, -0.2) is 0 Å². The summed E-state index contributed by atoms with van der Waals surface area (Å²) in [6.45, 7) is 6.48. The zero-order chi connectivity index (χ0) is 14.7. The fourth-order valence-corrected chi connectivity index (χ4v) is 4.13. The van der Waals surface area contributed by atoms with Crippen molar-refractivity contribution in [2.75, 3.05) is 33.3 Å². The van der Waals surface area contributed by atoms with Crippen molar-refractivity contribution in [3.63, 3.8) is 0 Å². The average molecular weight is 288 g/mol. The molecule has 1 N–H and O–H groups in total. The molecule has 116 valence electrons. The lowest BCUT2D eigenvalue weighted by Gasteiger charge is -2.43. The lowest BCUT2D eigenvalue weighted by Crippen LogP contribution is -2.54. The highest BCUT2D eigenvalue weighted by Gasteiger charge is 2.39. The van der Waals surface area contributed by atoms with Crippen molar-refractivity contribution in [1.82, 2.24) is 10.2 Å². The molecule has 3 heteroatoms. The number of likely N-dealkylation sites (N-methyl/N-ethyl adjacent to an activating group) is 1. The van der Waals surface area contributed by atoms with Gasteiger partial charge in [-0.3, -0.25) is 4.90 Å². The zero-order valence-electron chi connectivity index (χ0n) is 13.3. The Morgan fingerprint density at radius 2 is 2.10 bits per heavy atom. The minimum absolute atomic E-state index is 0.153. The fraction of sp³-hybridized carbons (Fsp3) is 0.667. The fourth-order valence-electron chi connectivity index (χ4n) is 4.13.